The first-order chi connectivity index (χ1) is 6.90. The fraction of sp³-hybridized carbons (Fsp3) is 0.182. The molecule has 0 spiro atoms. The summed E-state index contributed by atoms with van der Waals surface area (Å²) in [5.41, 5.74) is 7.18. The summed E-state index contributed by atoms with van der Waals surface area (Å²) in [4.78, 5) is 7.27. The zero-order valence-corrected chi connectivity index (χ0v) is 7.75. The molecule has 0 aliphatic heterocycles. The van der Waals surface area contributed by atoms with Gasteiger partial charge in [-0.15, -0.1) is 0 Å². The summed E-state index contributed by atoms with van der Waals surface area (Å²) in [6.45, 7) is 0.604. The van der Waals surface area contributed by atoms with Gasteiger partial charge in [-0.1, -0.05) is 11.8 Å². The zero-order valence-electron chi connectivity index (χ0n) is 7.75. The van der Waals surface area contributed by atoms with Crippen LogP contribution in [0.3, 0.4) is 0 Å². The molecule has 0 saturated carbocycles. The number of hydrogen-bond acceptors (Lipinski definition) is 2. The Labute approximate surface area is 82.3 Å². The van der Waals surface area contributed by atoms with E-state index in [2.05, 4.69) is 21.8 Å². The van der Waals surface area contributed by atoms with Crippen molar-refractivity contribution < 1.29 is 0 Å². The minimum absolute atomic E-state index is 0.604. The van der Waals surface area contributed by atoms with Crippen molar-refractivity contribution in [2.24, 2.45) is 5.73 Å². The number of aromatic amines is 1. The van der Waals surface area contributed by atoms with Crippen LogP contribution in [0.5, 0.6) is 0 Å². The lowest BCUT2D eigenvalue weighted by Gasteiger charge is -1.90. The predicted octanol–water partition coefficient (Wildman–Crippen LogP) is 1.26. The van der Waals surface area contributed by atoms with E-state index in [1.165, 1.54) is 0 Å². The quantitative estimate of drug-likeness (QED) is 0.657. The Morgan fingerprint density at radius 1 is 1.50 bits per heavy atom. The molecule has 0 aromatic carbocycles. The summed E-state index contributed by atoms with van der Waals surface area (Å²) < 4.78 is 0. The van der Waals surface area contributed by atoms with Gasteiger partial charge in [-0.2, -0.15) is 0 Å². The van der Waals surface area contributed by atoms with E-state index in [1.807, 2.05) is 18.3 Å². The van der Waals surface area contributed by atoms with Crippen LogP contribution >= 0.6 is 0 Å². The summed E-state index contributed by atoms with van der Waals surface area (Å²) in [7, 11) is 0. The van der Waals surface area contributed by atoms with Crippen LogP contribution in [0.1, 0.15) is 12.0 Å². The Bertz CT molecular complexity index is 488. The third-order valence-electron chi connectivity index (χ3n) is 1.90. The van der Waals surface area contributed by atoms with E-state index in [9.17, 15) is 0 Å². The molecular formula is C11H11N3. The first kappa shape index (κ1) is 8.79. The highest BCUT2D eigenvalue weighted by atomic mass is 14.8. The molecule has 3 nitrogen and oxygen atoms in total. The standard InChI is InChI=1S/C11H11N3/c12-5-2-1-3-9-7-10-4-6-13-11(10)14-8-9/h4,6-8H,2,5,12H2,(H,13,14). The molecule has 0 amide bonds. The first-order valence-corrected chi connectivity index (χ1v) is 4.52. The van der Waals surface area contributed by atoms with Crippen LogP contribution < -0.4 is 5.73 Å². The van der Waals surface area contributed by atoms with Crippen molar-refractivity contribution >= 4 is 11.0 Å². The lowest BCUT2D eigenvalue weighted by molar-refractivity contribution is 1.03. The lowest BCUT2D eigenvalue weighted by atomic mass is 10.2. The number of nitrogens with two attached hydrogens (primary N) is 1. The number of H-pyrrole nitrogens is 1. The van der Waals surface area contributed by atoms with E-state index in [0.717, 1.165) is 23.0 Å². The molecular weight excluding hydrogens is 174 g/mol. The van der Waals surface area contributed by atoms with Crippen LogP contribution in [0.4, 0.5) is 0 Å². The van der Waals surface area contributed by atoms with Crippen molar-refractivity contribution in [3.05, 3.63) is 30.1 Å². The van der Waals surface area contributed by atoms with E-state index < -0.39 is 0 Å². The van der Waals surface area contributed by atoms with Crippen molar-refractivity contribution in [3.63, 3.8) is 0 Å². The van der Waals surface area contributed by atoms with Gasteiger partial charge in [0.05, 0.1) is 0 Å². The molecule has 0 aliphatic carbocycles. The molecule has 0 fully saturated rings. The number of nitrogens with zero attached hydrogens (tertiary/aromatic N) is 1. The summed E-state index contributed by atoms with van der Waals surface area (Å²) in [5, 5.41) is 1.09. The Kier molecular flexibility index (Phi) is 2.48. The molecule has 0 unspecified atom stereocenters. The highest BCUT2D eigenvalue weighted by Gasteiger charge is 1.94. The fourth-order valence-electron chi connectivity index (χ4n) is 1.24. The molecule has 3 heteroatoms. The molecule has 0 radical (unpaired) electrons. The first-order valence-electron chi connectivity index (χ1n) is 4.52. The van der Waals surface area contributed by atoms with Gasteiger partial charge in [0.15, 0.2) is 0 Å². The third-order valence-corrected chi connectivity index (χ3v) is 1.90. The van der Waals surface area contributed by atoms with E-state index in [4.69, 9.17) is 5.73 Å². The van der Waals surface area contributed by atoms with Gasteiger partial charge in [0.25, 0.3) is 0 Å². The van der Waals surface area contributed by atoms with Crippen LogP contribution in [-0.4, -0.2) is 16.5 Å². The number of aromatic nitrogens is 2. The van der Waals surface area contributed by atoms with Gasteiger partial charge >= 0.3 is 0 Å². The van der Waals surface area contributed by atoms with E-state index in [1.54, 1.807) is 6.20 Å². The summed E-state index contributed by atoms with van der Waals surface area (Å²) in [5.74, 6) is 6.00. The minimum atomic E-state index is 0.604. The molecule has 2 aromatic rings. The van der Waals surface area contributed by atoms with Crippen molar-refractivity contribution in [1.82, 2.24) is 9.97 Å². The Balaban J connectivity index is 2.31. The molecule has 0 aliphatic rings. The summed E-state index contributed by atoms with van der Waals surface area (Å²) in [6.07, 6.45) is 4.36. The molecule has 70 valence electrons. The maximum atomic E-state index is 5.34. The molecule has 0 atom stereocenters. The molecule has 2 aromatic heterocycles. The van der Waals surface area contributed by atoms with Gasteiger partial charge < -0.3 is 10.7 Å². The fourth-order valence-corrected chi connectivity index (χ4v) is 1.24. The van der Waals surface area contributed by atoms with E-state index in [-0.39, 0.29) is 0 Å². The molecule has 3 N–H and O–H groups in total. The molecule has 0 saturated heterocycles. The third kappa shape index (κ3) is 1.76. The largest absolute Gasteiger partial charge is 0.346 e. The summed E-state index contributed by atoms with van der Waals surface area (Å²) >= 11 is 0. The van der Waals surface area contributed by atoms with Crippen molar-refractivity contribution in [1.29, 1.82) is 0 Å². The van der Waals surface area contributed by atoms with Crippen LogP contribution in [0.25, 0.3) is 11.0 Å². The highest BCUT2D eigenvalue weighted by molar-refractivity contribution is 5.76. The molecule has 14 heavy (non-hydrogen) atoms. The number of rotatable bonds is 1. The summed E-state index contributed by atoms with van der Waals surface area (Å²) in [6, 6.07) is 4.00. The number of nitrogens with one attached hydrogen (secondary N) is 1. The second-order valence-corrected chi connectivity index (χ2v) is 2.98. The monoisotopic (exact) mass is 185 g/mol. The van der Waals surface area contributed by atoms with Crippen LogP contribution in [0.15, 0.2) is 24.5 Å². The van der Waals surface area contributed by atoms with Crippen LogP contribution in [0, 0.1) is 11.8 Å². The van der Waals surface area contributed by atoms with Gasteiger partial charge in [0, 0.05) is 36.3 Å². The predicted molar refractivity (Wildman–Crippen MR) is 56.6 cm³/mol. The van der Waals surface area contributed by atoms with Crippen molar-refractivity contribution in [3.8, 4) is 11.8 Å². The molecule has 0 bridgehead atoms. The SMILES string of the molecule is NCCC#Cc1cnc2[nH]ccc2c1. The second kappa shape index (κ2) is 3.95. The van der Waals surface area contributed by atoms with Gasteiger partial charge in [-0.3, -0.25) is 0 Å². The second-order valence-electron chi connectivity index (χ2n) is 2.98. The van der Waals surface area contributed by atoms with Gasteiger partial charge in [0.1, 0.15) is 5.65 Å². The van der Waals surface area contributed by atoms with Gasteiger partial charge in [-0.25, -0.2) is 4.98 Å². The average Bonchev–Trinajstić information content (AvgIpc) is 2.65. The Morgan fingerprint density at radius 3 is 3.29 bits per heavy atom. The van der Waals surface area contributed by atoms with Crippen LogP contribution in [0.2, 0.25) is 0 Å². The minimum Gasteiger partial charge on any atom is -0.346 e. The average molecular weight is 185 g/mol. The normalized spacial score (nSPS) is 9.79. The zero-order chi connectivity index (χ0) is 9.80. The molecule has 2 heterocycles. The van der Waals surface area contributed by atoms with Crippen molar-refractivity contribution in [2.45, 2.75) is 6.42 Å². The van der Waals surface area contributed by atoms with Crippen LogP contribution in [-0.2, 0) is 0 Å². The van der Waals surface area contributed by atoms with Crippen molar-refractivity contribution in [2.75, 3.05) is 6.54 Å². The van der Waals surface area contributed by atoms with Gasteiger partial charge in [0.2, 0.25) is 0 Å². The number of hydrogen-bond donors (Lipinski definition) is 2. The topological polar surface area (TPSA) is 54.7 Å². The van der Waals surface area contributed by atoms with E-state index in [0.29, 0.717) is 6.54 Å². The maximum Gasteiger partial charge on any atom is 0.137 e. The van der Waals surface area contributed by atoms with Gasteiger partial charge in [-0.05, 0) is 12.1 Å². The van der Waals surface area contributed by atoms with E-state index >= 15 is 0 Å². The Hall–Kier alpha value is -1.79. The smallest absolute Gasteiger partial charge is 0.137 e. The highest BCUT2D eigenvalue weighted by Crippen LogP contribution is 2.10. The molecule has 2 rings (SSSR count). The number of fused-ring (bicyclic) bond motifs is 1. The number of pyridine rings is 1. The maximum absolute atomic E-state index is 5.34. The Morgan fingerprint density at radius 2 is 2.43 bits per heavy atom. The lowest BCUT2D eigenvalue weighted by Crippen LogP contribution is -1.95.